The van der Waals surface area contributed by atoms with E-state index in [-0.39, 0.29) is 11.4 Å². The zero-order valence-electron chi connectivity index (χ0n) is 9.37. The first kappa shape index (κ1) is 12.0. The smallest absolute Gasteiger partial charge is 0.295 e. The summed E-state index contributed by atoms with van der Waals surface area (Å²) >= 11 is 0. The average molecular weight is 242 g/mol. The van der Waals surface area contributed by atoms with Gasteiger partial charge in [0.25, 0.3) is 0 Å². The van der Waals surface area contributed by atoms with Crippen molar-refractivity contribution >= 4 is 17.3 Å². The zero-order valence-corrected chi connectivity index (χ0v) is 9.37. The molecule has 18 heavy (non-hydrogen) atoms. The van der Waals surface area contributed by atoms with Crippen molar-refractivity contribution in [2.24, 2.45) is 0 Å². The minimum Gasteiger partial charge on any atom is -0.295 e. The van der Waals surface area contributed by atoms with Crippen molar-refractivity contribution in [2.75, 3.05) is 0 Å². The van der Waals surface area contributed by atoms with E-state index in [0.717, 1.165) is 0 Å². The summed E-state index contributed by atoms with van der Waals surface area (Å²) in [5.74, 6) is -1.01. The second kappa shape index (κ2) is 5.25. The topological polar surface area (TPSA) is 63.6 Å². The number of allylic oxidation sites excluding steroid dienone is 5. The van der Waals surface area contributed by atoms with E-state index in [4.69, 9.17) is 5.26 Å². The standard InChI is InChI=1S/C14H10O4/c15-12-8-6-11(7-9-12)13(14(16)18-17)10-4-2-1-3-5-10/h1-9,17H. The summed E-state index contributed by atoms with van der Waals surface area (Å²) in [6.45, 7) is 0. The largest absolute Gasteiger partial charge is 0.374 e. The van der Waals surface area contributed by atoms with Gasteiger partial charge in [0.2, 0.25) is 0 Å². The van der Waals surface area contributed by atoms with Crippen LogP contribution in [0, 0.1) is 0 Å². The molecule has 0 saturated heterocycles. The van der Waals surface area contributed by atoms with Crippen LogP contribution in [-0.2, 0) is 14.5 Å². The fraction of sp³-hybridized carbons (Fsp3) is 0. The van der Waals surface area contributed by atoms with Gasteiger partial charge in [-0.15, -0.1) is 0 Å². The van der Waals surface area contributed by atoms with E-state index < -0.39 is 5.97 Å². The Labute approximate surface area is 103 Å². The van der Waals surface area contributed by atoms with Gasteiger partial charge in [0.15, 0.2) is 5.78 Å². The molecule has 0 heterocycles. The molecule has 0 unspecified atom stereocenters. The van der Waals surface area contributed by atoms with E-state index in [9.17, 15) is 9.59 Å². The minimum absolute atomic E-state index is 0.150. The first-order chi connectivity index (χ1) is 8.72. The number of rotatable bonds is 2. The van der Waals surface area contributed by atoms with Gasteiger partial charge in [0, 0.05) is 0 Å². The van der Waals surface area contributed by atoms with Gasteiger partial charge < -0.3 is 0 Å². The summed E-state index contributed by atoms with van der Waals surface area (Å²) in [6.07, 6.45) is 5.73. The van der Waals surface area contributed by atoms with E-state index in [2.05, 4.69) is 4.89 Å². The number of carbonyl (C=O) groups is 2. The Bertz CT molecular complexity index is 547. The molecule has 1 aromatic rings. The van der Waals surface area contributed by atoms with Gasteiger partial charge in [-0.3, -0.25) is 9.68 Å². The molecule has 0 spiro atoms. The number of hydrogen-bond donors (Lipinski definition) is 1. The van der Waals surface area contributed by atoms with Crippen LogP contribution < -0.4 is 0 Å². The fourth-order valence-corrected chi connectivity index (χ4v) is 1.67. The highest BCUT2D eigenvalue weighted by molar-refractivity contribution is 6.19. The molecule has 0 atom stereocenters. The van der Waals surface area contributed by atoms with Crippen LogP contribution in [0.25, 0.3) is 5.57 Å². The summed E-state index contributed by atoms with van der Waals surface area (Å²) in [4.78, 5) is 26.5. The first-order valence-corrected chi connectivity index (χ1v) is 5.28. The van der Waals surface area contributed by atoms with Gasteiger partial charge in [-0.25, -0.2) is 4.79 Å². The Kier molecular flexibility index (Phi) is 3.50. The number of carbonyl (C=O) groups excluding carboxylic acids is 2. The molecular weight excluding hydrogens is 232 g/mol. The molecule has 2 rings (SSSR count). The molecule has 90 valence electrons. The second-order valence-corrected chi connectivity index (χ2v) is 3.64. The highest BCUT2D eigenvalue weighted by Gasteiger charge is 2.18. The average Bonchev–Trinajstić information content (AvgIpc) is 2.42. The van der Waals surface area contributed by atoms with Crippen LogP contribution in [0.2, 0.25) is 0 Å². The lowest BCUT2D eigenvalue weighted by atomic mass is 9.97. The Morgan fingerprint density at radius 2 is 1.61 bits per heavy atom. The van der Waals surface area contributed by atoms with Crippen LogP contribution >= 0.6 is 0 Å². The maximum Gasteiger partial charge on any atom is 0.374 e. The lowest BCUT2D eigenvalue weighted by molar-refractivity contribution is -0.226. The predicted octanol–water partition coefficient (Wildman–Crippen LogP) is 2.15. The third-order valence-corrected chi connectivity index (χ3v) is 2.49. The molecule has 0 radical (unpaired) electrons. The number of ketones is 1. The van der Waals surface area contributed by atoms with Crippen molar-refractivity contribution < 1.29 is 19.7 Å². The van der Waals surface area contributed by atoms with Crippen LogP contribution in [0.4, 0.5) is 0 Å². The third-order valence-electron chi connectivity index (χ3n) is 2.49. The highest BCUT2D eigenvalue weighted by Crippen LogP contribution is 2.23. The molecule has 0 saturated carbocycles. The normalized spacial score (nSPS) is 13.6. The SMILES string of the molecule is O=C1C=CC(=C(C(=O)OO)c2ccccc2)C=C1. The third kappa shape index (κ3) is 2.44. The molecule has 0 fully saturated rings. The quantitative estimate of drug-likeness (QED) is 0.490. The number of hydrogen-bond acceptors (Lipinski definition) is 4. The monoisotopic (exact) mass is 242 g/mol. The molecule has 1 aromatic carbocycles. The van der Waals surface area contributed by atoms with Crippen molar-refractivity contribution in [1.82, 2.24) is 0 Å². The summed E-state index contributed by atoms with van der Waals surface area (Å²) < 4.78 is 0. The van der Waals surface area contributed by atoms with Crippen LogP contribution in [0.5, 0.6) is 0 Å². The van der Waals surface area contributed by atoms with Gasteiger partial charge in [-0.05, 0) is 23.3 Å². The van der Waals surface area contributed by atoms with Crippen molar-refractivity contribution in [3.05, 3.63) is 65.8 Å². The van der Waals surface area contributed by atoms with Gasteiger partial charge in [-0.2, -0.15) is 5.26 Å². The highest BCUT2D eigenvalue weighted by atomic mass is 17.1. The first-order valence-electron chi connectivity index (χ1n) is 5.28. The molecule has 1 aliphatic carbocycles. The zero-order chi connectivity index (χ0) is 13.0. The maximum atomic E-state index is 11.6. The van der Waals surface area contributed by atoms with E-state index >= 15 is 0 Å². The molecule has 1 aliphatic rings. The van der Waals surface area contributed by atoms with E-state index in [1.165, 1.54) is 24.3 Å². The van der Waals surface area contributed by atoms with Crippen molar-refractivity contribution in [1.29, 1.82) is 0 Å². The summed E-state index contributed by atoms with van der Waals surface area (Å²) in [6, 6.07) is 8.78. The molecule has 0 amide bonds. The lowest BCUT2D eigenvalue weighted by Crippen LogP contribution is -2.07. The number of benzene rings is 1. The van der Waals surface area contributed by atoms with Crippen LogP contribution in [-0.4, -0.2) is 17.0 Å². The van der Waals surface area contributed by atoms with Gasteiger partial charge in [0.1, 0.15) is 0 Å². The van der Waals surface area contributed by atoms with Crippen molar-refractivity contribution in [3.63, 3.8) is 0 Å². The molecule has 1 N–H and O–H groups in total. The van der Waals surface area contributed by atoms with Gasteiger partial charge in [0.05, 0.1) is 5.57 Å². The molecule has 0 bridgehead atoms. The molecule has 4 nitrogen and oxygen atoms in total. The van der Waals surface area contributed by atoms with E-state index in [1.54, 1.807) is 24.3 Å². The van der Waals surface area contributed by atoms with Gasteiger partial charge in [-0.1, -0.05) is 42.5 Å². The fourth-order valence-electron chi connectivity index (χ4n) is 1.67. The predicted molar refractivity (Wildman–Crippen MR) is 65.4 cm³/mol. The molecule has 0 aromatic heterocycles. The van der Waals surface area contributed by atoms with Crippen LogP contribution in [0.1, 0.15) is 5.56 Å². The van der Waals surface area contributed by atoms with E-state index in [0.29, 0.717) is 11.1 Å². The maximum absolute atomic E-state index is 11.6. The minimum atomic E-state index is -0.861. The van der Waals surface area contributed by atoms with Crippen LogP contribution in [0.3, 0.4) is 0 Å². The van der Waals surface area contributed by atoms with Crippen LogP contribution in [0.15, 0.2) is 60.2 Å². The Morgan fingerprint density at radius 1 is 1.00 bits per heavy atom. The van der Waals surface area contributed by atoms with Crippen molar-refractivity contribution in [2.45, 2.75) is 0 Å². The van der Waals surface area contributed by atoms with Gasteiger partial charge >= 0.3 is 5.97 Å². The summed E-state index contributed by atoms with van der Waals surface area (Å²) in [5, 5.41) is 8.55. The Balaban J connectivity index is 2.54. The summed E-state index contributed by atoms with van der Waals surface area (Å²) in [7, 11) is 0. The molecule has 4 heteroatoms. The Morgan fingerprint density at radius 3 is 2.17 bits per heavy atom. The Hall–Kier alpha value is -2.46. The second-order valence-electron chi connectivity index (χ2n) is 3.64. The van der Waals surface area contributed by atoms with Crippen molar-refractivity contribution in [3.8, 4) is 0 Å². The molecular formula is C14H10O4. The van der Waals surface area contributed by atoms with E-state index in [1.807, 2.05) is 6.07 Å². The summed E-state index contributed by atoms with van der Waals surface area (Å²) in [5.41, 5.74) is 1.33. The lowest BCUT2D eigenvalue weighted by Gasteiger charge is -2.09. The molecule has 0 aliphatic heterocycles.